The third kappa shape index (κ3) is 17.2. The van der Waals surface area contributed by atoms with Crippen molar-refractivity contribution in [1.82, 2.24) is 20.4 Å². The minimum absolute atomic E-state index is 0.0178. The molecule has 0 aliphatic rings. The predicted molar refractivity (Wildman–Crippen MR) is 200 cm³/mol. The predicted octanol–water partition coefficient (Wildman–Crippen LogP) is 3.59. The Balaban J connectivity index is 0.00000495. The van der Waals surface area contributed by atoms with Gasteiger partial charge in [-0.2, -0.15) is 5.10 Å². The Morgan fingerprint density at radius 3 is 1.78 bits per heavy atom. The number of aromatic nitrogens is 2. The zero-order chi connectivity index (χ0) is 39.9. The summed E-state index contributed by atoms with van der Waals surface area (Å²) in [4.78, 5) is 59.0. The molecule has 16 nitrogen and oxygen atoms in total. The number of aryl methyl sites for hydroxylation is 1. The summed E-state index contributed by atoms with van der Waals surface area (Å²) in [6, 6.07) is 15.5. The van der Waals surface area contributed by atoms with Crippen LogP contribution in [0.2, 0.25) is 0 Å². The molecule has 5 amide bonds. The zero-order valence-corrected chi connectivity index (χ0v) is 33.4. The van der Waals surface area contributed by atoms with Crippen LogP contribution in [0.25, 0.3) is 32.9 Å². The molecule has 0 bridgehead atoms. The van der Waals surface area contributed by atoms with Crippen LogP contribution in [0.5, 0.6) is 0 Å². The number of carbonyl (C=O) groups excluding carboxylic acids is 5. The normalized spacial score (nSPS) is 10.8. The Hall–Kier alpha value is -4.29. The van der Waals surface area contributed by atoms with Crippen LogP contribution in [-0.2, 0) is 64.2 Å². The van der Waals surface area contributed by atoms with Gasteiger partial charge in [-0.3, -0.25) is 9.59 Å². The van der Waals surface area contributed by atoms with Crippen molar-refractivity contribution in [3.8, 4) is 16.9 Å². The van der Waals surface area contributed by atoms with E-state index in [2.05, 4.69) is 44.3 Å². The Bertz CT molecular complexity index is 1790. The third-order valence-corrected chi connectivity index (χ3v) is 8.89. The molecule has 2 aromatic carbocycles. The van der Waals surface area contributed by atoms with Gasteiger partial charge in [0.25, 0.3) is 5.91 Å². The summed E-state index contributed by atoms with van der Waals surface area (Å²) in [5.41, 5.74) is 3.45. The Morgan fingerprint density at radius 1 is 0.741 bits per heavy atom. The van der Waals surface area contributed by atoms with E-state index in [4.69, 9.17) is 8.64 Å². The molecule has 0 fully saturated rings. The number of nitrogens with one attached hydrogen (secondary N) is 2. The first-order chi connectivity index (χ1) is 25.9. The first-order valence-electron chi connectivity index (χ1n) is 17.1. The van der Waals surface area contributed by atoms with Crippen LogP contribution < -0.4 is 15.8 Å². The topological polar surface area (TPSA) is 247 Å². The Morgan fingerprint density at radius 2 is 1.24 bits per heavy atom. The van der Waals surface area contributed by atoms with Crippen LogP contribution in [0, 0.1) is 6.92 Å². The molecule has 54 heavy (non-hydrogen) atoms. The summed E-state index contributed by atoms with van der Waals surface area (Å²) in [6.07, 6.45) is 7.69. The van der Waals surface area contributed by atoms with Gasteiger partial charge in [-0.25, -0.2) is 18.2 Å². The first kappa shape index (κ1) is 45.9. The second-order valence-electron chi connectivity index (χ2n) is 11.9. The summed E-state index contributed by atoms with van der Waals surface area (Å²) in [6.45, 7) is 1.64. The number of nitrogens with two attached hydrogens (primary N) is 1. The molecule has 3 aromatic rings. The van der Waals surface area contributed by atoms with Gasteiger partial charge in [-0.05, 0) is 56.6 Å². The fourth-order valence-corrected chi connectivity index (χ4v) is 5.51. The average Bonchev–Trinajstić information content (AvgIpc) is 3.62. The molecule has 19 heteroatoms. The number of hydrogen-bond donors (Lipinski definition) is 3. The maximum atomic E-state index is 13.0. The van der Waals surface area contributed by atoms with E-state index in [1.54, 1.807) is 22.9 Å². The van der Waals surface area contributed by atoms with E-state index in [1.165, 1.54) is 12.1 Å². The minimum atomic E-state index is -3.85. The van der Waals surface area contributed by atoms with Crippen molar-refractivity contribution < 1.29 is 54.8 Å². The fourth-order valence-electron chi connectivity index (χ4n) is 4.90. The van der Waals surface area contributed by atoms with Crippen molar-refractivity contribution in [3.05, 3.63) is 81.8 Å². The summed E-state index contributed by atoms with van der Waals surface area (Å²) < 4.78 is 33.2. The molecule has 0 aliphatic heterocycles. The molecule has 0 saturated heterocycles. The molecule has 1 heterocycles. The van der Waals surface area contributed by atoms with Gasteiger partial charge in [-0.1, -0.05) is 81.4 Å². The van der Waals surface area contributed by atoms with Crippen molar-refractivity contribution in [2.24, 2.45) is 5.14 Å². The Kier molecular flexibility index (Phi) is 21.2. The number of amides is 5. The Labute approximate surface area is 331 Å². The van der Waals surface area contributed by atoms with E-state index in [9.17, 15) is 32.4 Å². The number of unbranched alkanes of at least 4 members (excludes halogenated alkanes) is 7. The number of carbonyl (C=O) groups is 5. The SMILES string of the molecule is Cc1ccc(-c2cc(C(=O)NCCCCCCCCCCNC(=O)C[N-]C(=O)C[N-]C(=O)C[N-]C(=O)C[S-])nn2-c2ccc(S(N)(=O)=O)cc2)cc1.[O]=[Tc+4]. The van der Waals surface area contributed by atoms with Crippen LogP contribution in [0.3, 0.4) is 0 Å². The molecule has 291 valence electrons. The van der Waals surface area contributed by atoms with Crippen molar-refractivity contribution >= 4 is 52.2 Å². The molecule has 0 unspecified atom stereocenters. The summed E-state index contributed by atoms with van der Waals surface area (Å²) >= 11 is 5.40. The molecular formula is C35H44N8O8S2Tc. The van der Waals surface area contributed by atoms with Gasteiger partial charge < -0.3 is 53.6 Å². The molecule has 0 aliphatic carbocycles. The second kappa shape index (κ2) is 24.9. The number of hydrogen-bond acceptors (Lipinski definition) is 10. The molecule has 4 N–H and O–H groups in total. The van der Waals surface area contributed by atoms with E-state index >= 15 is 0 Å². The number of primary sulfonamides is 1. The molecule has 0 spiro atoms. The van der Waals surface area contributed by atoms with Gasteiger partial charge in [-0.15, -0.1) is 5.75 Å². The second-order valence-corrected chi connectivity index (χ2v) is 13.8. The molecule has 0 saturated carbocycles. The van der Waals surface area contributed by atoms with Crippen LogP contribution in [0.1, 0.15) is 67.4 Å². The van der Waals surface area contributed by atoms with E-state index in [-0.39, 0.29) is 28.8 Å². The van der Waals surface area contributed by atoms with Crippen molar-refractivity contribution in [2.45, 2.75) is 63.2 Å². The zero-order valence-electron chi connectivity index (χ0n) is 29.9. The number of sulfonamides is 1. The van der Waals surface area contributed by atoms with Gasteiger partial charge in [0.1, 0.15) is 0 Å². The average molecular weight is 867 g/mol. The van der Waals surface area contributed by atoms with Crippen LogP contribution in [0.4, 0.5) is 0 Å². The number of benzene rings is 2. The van der Waals surface area contributed by atoms with Gasteiger partial charge in [0.05, 0.1) is 16.3 Å². The van der Waals surface area contributed by atoms with Crippen LogP contribution in [-0.4, -0.2) is 86.2 Å². The molecule has 1 aromatic heterocycles. The number of nitrogens with zero attached hydrogens (tertiary/aromatic N) is 5. The first-order valence-corrected chi connectivity index (χ1v) is 20.0. The summed E-state index contributed by atoms with van der Waals surface area (Å²) in [5.74, 6) is -2.97. The van der Waals surface area contributed by atoms with Crippen molar-refractivity contribution in [1.29, 1.82) is 0 Å². The van der Waals surface area contributed by atoms with Crippen LogP contribution in [0.15, 0.2) is 59.5 Å². The van der Waals surface area contributed by atoms with E-state index in [1.807, 2.05) is 31.2 Å². The van der Waals surface area contributed by atoms with Crippen molar-refractivity contribution in [2.75, 3.05) is 38.5 Å². The monoisotopic (exact) mass is 865 g/mol. The van der Waals surface area contributed by atoms with Gasteiger partial charge in [0.15, 0.2) is 5.69 Å². The molecule has 0 atom stereocenters. The number of rotatable bonds is 22. The van der Waals surface area contributed by atoms with Crippen molar-refractivity contribution in [3.63, 3.8) is 0 Å². The van der Waals surface area contributed by atoms with E-state index in [0.717, 1.165) is 81.3 Å². The molecule has 3 rings (SSSR count). The third-order valence-electron chi connectivity index (χ3n) is 7.71. The summed E-state index contributed by atoms with van der Waals surface area (Å²) in [7, 11) is -3.85. The van der Waals surface area contributed by atoms with E-state index in [0.29, 0.717) is 24.5 Å². The van der Waals surface area contributed by atoms with Gasteiger partial charge in [0, 0.05) is 36.4 Å². The fraction of sp³-hybridized carbons (Fsp3) is 0.429. The van der Waals surface area contributed by atoms with Crippen LogP contribution >= 0.6 is 0 Å². The van der Waals surface area contributed by atoms with Gasteiger partial charge >= 0.3 is 22.4 Å². The summed E-state index contributed by atoms with van der Waals surface area (Å²) in [5, 5.41) is 25.9. The quantitative estimate of drug-likeness (QED) is 0.0979. The molecule has 0 radical (unpaired) electrons. The van der Waals surface area contributed by atoms with Gasteiger partial charge in [0.2, 0.25) is 15.9 Å². The van der Waals surface area contributed by atoms with E-state index < -0.39 is 46.7 Å². The standard InChI is InChI=1S/C35H48N8O7S2.O.Tc/c1-25-10-12-26(13-11-25)30-20-29(42-43(30)27-14-16-28(17-15-27)52(36,49)50)35(48)38-19-9-7-5-3-2-4-6-8-18-37-31(44)21-39-32(45)22-40-33(46)23-41-34(47)24-51;;/h10-17,20H,2-9,18-19,21-24H2,1H3,(H8,36,37,38,39,40,41,44,45,46,47,48,49,50,51);;/q;;+4/p-4. The molecular weight excluding hydrogens is 823 g/mol. The maximum absolute atomic E-state index is 13.0.